The largest absolute Gasteiger partial charge is 0.310 e. The summed E-state index contributed by atoms with van der Waals surface area (Å²) in [6.07, 6.45) is 0. The average Bonchev–Trinajstić information content (AvgIpc) is 4.05. The van der Waals surface area contributed by atoms with Crippen LogP contribution in [-0.4, -0.2) is 9.13 Å². The Kier molecular flexibility index (Phi) is 9.56. The summed E-state index contributed by atoms with van der Waals surface area (Å²) in [5.41, 5.74) is 22.7. The van der Waals surface area contributed by atoms with Crippen LogP contribution < -0.4 is 4.90 Å². The van der Waals surface area contributed by atoms with Crippen molar-refractivity contribution in [3.8, 4) is 55.9 Å². The fourth-order valence-electron chi connectivity index (χ4n) is 12.1. The lowest BCUT2D eigenvalue weighted by Crippen LogP contribution is -2.20. The van der Waals surface area contributed by atoms with Gasteiger partial charge in [0.2, 0.25) is 0 Å². The number of para-hydroxylation sites is 4. The van der Waals surface area contributed by atoms with Crippen molar-refractivity contribution in [1.82, 2.24) is 9.13 Å². The van der Waals surface area contributed by atoms with Crippen molar-refractivity contribution < 1.29 is 0 Å². The molecule has 72 heavy (non-hydrogen) atoms. The van der Waals surface area contributed by atoms with Crippen LogP contribution in [0.2, 0.25) is 0 Å². The van der Waals surface area contributed by atoms with Crippen LogP contribution in [0.25, 0.3) is 99.5 Å². The first-order valence-electron chi connectivity index (χ1n) is 25.0. The summed E-state index contributed by atoms with van der Waals surface area (Å²) in [5.74, 6) is 0. The topological polar surface area (TPSA) is 13.1 Å². The SMILES string of the molecule is CC1(C)c2ccccc2-c2cccc(N(c3ccc(-c4cccc5c4c4ccccc4n5-c4ccccc4)cc3)c3ccc(-c4cccc5c6cc(-c7ccccc7)ccc6n(-c6ccccc6)c45)cc3)c21. The van der Waals surface area contributed by atoms with E-state index in [1.807, 2.05) is 0 Å². The highest BCUT2D eigenvalue weighted by molar-refractivity contribution is 6.16. The Balaban J connectivity index is 0.928. The summed E-state index contributed by atoms with van der Waals surface area (Å²) in [7, 11) is 0. The van der Waals surface area contributed by atoms with Crippen LogP contribution >= 0.6 is 0 Å². The lowest BCUT2D eigenvalue weighted by Gasteiger charge is -2.32. The summed E-state index contributed by atoms with van der Waals surface area (Å²) in [6, 6.07) is 95.8. The molecule has 2 heterocycles. The zero-order valence-electron chi connectivity index (χ0n) is 40.2. The minimum atomic E-state index is -0.218. The highest BCUT2D eigenvalue weighted by atomic mass is 15.1. The van der Waals surface area contributed by atoms with Gasteiger partial charge in [-0.2, -0.15) is 0 Å². The Morgan fingerprint density at radius 1 is 0.333 bits per heavy atom. The van der Waals surface area contributed by atoms with Crippen molar-refractivity contribution in [2.24, 2.45) is 0 Å². The summed E-state index contributed by atoms with van der Waals surface area (Å²) in [5, 5.41) is 4.98. The quantitative estimate of drug-likeness (QED) is 0.148. The molecule has 0 fully saturated rings. The first kappa shape index (κ1) is 41.8. The number of anilines is 3. The number of hydrogen-bond donors (Lipinski definition) is 0. The molecule has 13 aromatic rings. The molecule has 0 N–H and O–H groups in total. The third kappa shape index (κ3) is 6.44. The molecular formula is C69H49N3. The molecule has 340 valence electrons. The maximum atomic E-state index is 2.48. The standard InChI is InChI=1S/C69H49N3/c1-69(2)61-31-14-12-25-56(61)57-29-18-34-65(67(57)69)70(52-40-35-47(36-41-52)54-27-17-33-64-66(54)59-26-13-15-32-62(59)71(64)50-21-8-4-9-22-50)53-42-37-48(38-43-53)55-28-16-30-58-60-45-49(46-19-6-3-7-20-46)39-44-63(60)72(68(55)58)51-23-10-5-11-24-51/h3-45H,1-2H3. The van der Waals surface area contributed by atoms with Crippen molar-refractivity contribution in [1.29, 1.82) is 0 Å². The van der Waals surface area contributed by atoms with Gasteiger partial charge in [-0.1, -0.05) is 196 Å². The number of aromatic nitrogens is 2. The van der Waals surface area contributed by atoms with E-state index in [0.717, 1.165) is 28.3 Å². The lowest BCUT2D eigenvalue weighted by atomic mass is 9.81. The zero-order chi connectivity index (χ0) is 47.9. The summed E-state index contributed by atoms with van der Waals surface area (Å²) < 4.78 is 4.84. The van der Waals surface area contributed by atoms with Gasteiger partial charge in [0, 0.05) is 55.3 Å². The Morgan fingerprint density at radius 2 is 0.847 bits per heavy atom. The van der Waals surface area contributed by atoms with Gasteiger partial charge in [0.05, 0.1) is 27.8 Å². The zero-order valence-corrected chi connectivity index (χ0v) is 40.2. The maximum Gasteiger partial charge on any atom is 0.0619 e. The van der Waals surface area contributed by atoms with Crippen LogP contribution in [0.4, 0.5) is 17.1 Å². The Labute approximate surface area is 419 Å². The first-order chi connectivity index (χ1) is 35.5. The molecule has 3 heteroatoms. The molecule has 0 bridgehead atoms. The number of nitrogens with zero attached hydrogens (tertiary/aromatic N) is 3. The molecular weight excluding hydrogens is 871 g/mol. The van der Waals surface area contributed by atoms with Crippen molar-refractivity contribution in [3.05, 3.63) is 272 Å². The molecule has 1 aliphatic rings. The maximum absolute atomic E-state index is 2.48. The molecule has 2 aromatic heterocycles. The Hall–Kier alpha value is -9.18. The van der Waals surface area contributed by atoms with E-state index in [2.05, 4.69) is 289 Å². The lowest BCUT2D eigenvalue weighted by molar-refractivity contribution is 0.661. The van der Waals surface area contributed by atoms with Crippen LogP contribution in [0.15, 0.2) is 261 Å². The molecule has 1 aliphatic carbocycles. The van der Waals surface area contributed by atoms with Crippen molar-refractivity contribution in [2.75, 3.05) is 4.90 Å². The van der Waals surface area contributed by atoms with Crippen LogP contribution in [0, 0.1) is 0 Å². The second kappa shape index (κ2) is 16.5. The summed E-state index contributed by atoms with van der Waals surface area (Å²) in [6.45, 7) is 4.76. The van der Waals surface area contributed by atoms with Gasteiger partial charge in [0.15, 0.2) is 0 Å². The predicted octanol–water partition coefficient (Wildman–Crippen LogP) is 18.7. The minimum Gasteiger partial charge on any atom is -0.310 e. The molecule has 0 saturated carbocycles. The average molecular weight is 920 g/mol. The molecule has 0 amide bonds. The van der Waals surface area contributed by atoms with Gasteiger partial charge >= 0.3 is 0 Å². The fraction of sp³-hybridized carbons (Fsp3) is 0.0435. The van der Waals surface area contributed by atoms with E-state index in [4.69, 9.17) is 0 Å². The van der Waals surface area contributed by atoms with E-state index >= 15 is 0 Å². The Morgan fingerprint density at radius 3 is 1.58 bits per heavy atom. The van der Waals surface area contributed by atoms with Gasteiger partial charge in [-0.05, 0) is 129 Å². The van der Waals surface area contributed by atoms with E-state index in [9.17, 15) is 0 Å². The normalized spacial score (nSPS) is 12.7. The molecule has 0 saturated heterocycles. The molecule has 0 aliphatic heterocycles. The van der Waals surface area contributed by atoms with Crippen LogP contribution in [-0.2, 0) is 5.41 Å². The molecule has 0 unspecified atom stereocenters. The van der Waals surface area contributed by atoms with E-state index in [0.29, 0.717) is 0 Å². The Bertz CT molecular complexity index is 4200. The van der Waals surface area contributed by atoms with Crippen LogP contribution in [0.5, 0.6) is 0 Å². The fourth-order valence-corrected chi connectivity index (χ4v) is 12.1. The number of fused-ring (bicyclic) bond motifs is 9. The van der Waals surface area contributed by atoms with Gasteiger partial charge < -0.3 is 14.0 Å². The third-order valence-corrected chi connectivity index (χ3v) is 15.3. The van der Waals surface area contributed by atoms with E-state index in [1.54, 1.807) is 0 Å². The van der Waals surface area contributed by atoms with Crippen molar-refractivity contribution in [2.45, 2.75) is 19.3 Å². The highest BCUT2D eigenvalue weighted by Crippen LogP contribution is 2.54. The third-order valence-electron chi connectivity index (χ3n) is 15.3. The van der Waals surface area contributed by atoms with Crippen molar-refractivity contribution in [3.63, 3.8) is 0 Å². The van der Waals surface area contributed by atoms with Crippen LogP contribution in [0.3, 0.4) is 0 Å². The summed E-state index contributed by atoms with van der Waals surface area (Å²) in [4.78, 5) is 2.48. The second-order valence-electron chi connectivity index (χ2n) is 19.7. The number of hydrogen-bond acceptors (Lipinski definition) is 1. The molecule has 14 rings (SSSR count). The van der Waals surface area contributed by atoms with E-state index in [1.165, 1.54) is 99.4 Å². The van der Waals surface area contributed by atoms with E-state index in [-0.39, 0.29) is 5.41 Å². The van der Waals surface area contributed by atoms with Gasteiger partial charge in [0.1, 0.15) is 0 Å². The monoisotopic (exact) mass is 919 g/mol. The second-order valence-corrected chi connectivity index (χ2v) is 19.7. The van der Waals surface area contributed by atoms with Gasteiger partial charge in [-0.15, -0.1) is 0 Å². The molecule has 3 nitrogen and oxygen atoms in total. The molecule has 0 radical (unpaired) electrons. The minimum absolute atomic E-state index is 0.218. The van der Waals surface area contributed by atoms with E-state index < -0.39 is 0 Å². The van der Waals surface area contributed by atoms with Crippen molar-refractivity contribution >= 4 is 60.7 Å². The smallest absolute Gasteiger partial charge is 0.0619 e. The van der Waals surface area contributed by atoms with Gasteiger partial charge in [-0.3, -0.25) is 0 Å². The molecule has 0 spiro atoms. The highest BCUT2D eigenvalue weighted by Gasteiger charge is 2.38. The number of rotatable bonds is 8. The summed E-state index contributed by atoms with van der Waals surface area (Å²) >= 11 is 0. The van der Waals surface area contributed by atoms with Crippen LogP contribution in [0.1, 0.15) is 25.0 Å². The van der Waals surface area contributed by atoms with Gasteiger partial charge in [0.25, 0.3) is 0 Å². The van der Waals surface area contributed by atoms with Gasteiger partial charge in [-0.25, -0.2) is 0 Å². The number of benzene rings is 11. The first-order valence-corrected chi connectivity index (χ1v) is 25.0. The predicted molar refractivity (Wildman–Crippen MR) is 304 cm³/mol. The molecule has 11 aromatic carbocycles. The molecule has 0 atom stereocenters.